The lowest BCUT2D eigenvalue weighted by Gasteiger charge is -2.34. The maximum atomic E-state index is 13.1. The molecule has 3 rings (SSSR count). The van der Waals surface area contributed by atoms with Crippen molar-refractivity contribution < 1.29 is 17.9 Å². The van der Waals surface area contributed by atoms with Crippen LogP contribution in [0.1, 0.15) is 5.56 Å². The van der Waals surface area contributed by atoms with Crippen LogP contribution in [0, 0.1) is 6.92 Å². The maximum Gasteiger partial charge on any atom is 0.264 e. The minimum atomic E-state index is -3.90. The van der Waals surface area contributed by atoms with Crippen molar-refractivity contribution >= 4 is 33.2 Å². The zero-order valence-corrected chi connectivity index (χ0v) is 15.3. The van der Waals surface area contributed by atoms with E-state index in [4.69, 9.17) is 16.3 Å². The number of fused-ring (bicyclic) bond motifs is 1. The number of carbonyl (C=O) groups is 1. The number of nitrogens with one attached hydrogen (secondary N) is 1. The van der Waals surface area contributed by atoms with Crippen molar-refractivity contribution in [1.82, 2.24) is 5.32 Å². The van der Waals surface area contributed by atoms with Crippen LogP contribution in [0.15, 0.2) is 47.4 Å². The van der Waals surface area contributed by atoms with Crippen molar-refractivity contribution in [3.63, 3.8) is 0 Å². The highest BCUT2D eigenvalue weighted by atomic mass is 35.5. The van der Waals surface area contributed by atoms with E-state index in [0.29, 0.717) is 16.5 Å². The number of amides is 1. The number of likely N-dealkylation sites (N-methyl/N-ethyl adjacent to an activating group) is 1. The largest absolute Gasteiger partial charge is 0.476 e. The fourth-order valence-electron chi connectivity index (χ4n) is 2.59. The summed E-state index contributed by atoms with van der Waals surface area (Å²) in [7, 11) is -2.42. The number of anilines is 1. The number of aryl methyl sites for hydroxylation is 1. The van der Waals surface area contributed by atoms with Crippen LogP contribution in [0.2, 0.25) is 5.02 Å². The van der Waals surface area contributed by atoms with Gasteiger partial charge in [0.25, 0.3) is 15.9 Å². The van der Waals surface area contributed by atoms with Crippen LogP contribution >= 0.6 is 11.6 Å². The molecule has 1 heterocycles. The zero-order valence-electron chi connectivity index (χ0n) is 13.7. The molecule has 0 aliphatic carbocycles. The molecule has 2 aromatic rings. The standard InChI is InChI=1S/C17H17ClN2O4S/c1-11-7-8-12(9-13(11)18)25(22,23)20-10-16(17(21)19-2)24-15-6-4-3-5-14(15)20/h3-9,16H,10H2,1-2H3,(H,19,21). The van der Waals surface area contributed by atoms with Gasteiger partial charge in [-0.05, 0) is 36.8 Å². The zero-order chi connectivity index (χ0) is 18.2. The molecule has 2 aromatic carbocycles. The lowest BCUT2D eigenvalue weighted by Crippen LogP contribution is -2.50. The molecule has 0 fully saturated rings. The monoisotopic (exact) mass is 380 g/mol. The van der Waals surface area contributed by atoms with Crippen LogP contribution in [-0.2, 0) is 14.8 Å². The van der Waals surface area contributed by atoms with Gasteiger partial charge >= 0.3 is 0 Å². The molecule has 132 valence electrons. The first-order valence-corrected chi connectivity index (χ1v) is 9.42. The highest BCUT2D eigenvalue weighted by molar-refractivity contribution is 7.92. The summed E-state index contributed by atoms with van der Waals surface area (Å²) in [5.74, 6) is -0.0548. The number of rotatable bonds is 3. The molecule has 1 atom stereocenters. The van der Waals surface area contributed by atoms with Gasteiger partial charge in [0.2, 0.25) is 0 Å². The van der Waals surface area contributed by atoms with Crippen LogP contribution < -0.4 is 14.4 Å². The Morgan fingerprint density at radius 3 is 2.68 bits per heavy atom. The minimum absolute atomic E-state index is 0.0652. The second-order valence-corrected chi connectivity index (χ2v) is 7.91. The molecular formula is C17H17ClN2O4S. The van der Waals surface area contributed by atoms with Crippen LogP contribution in [0.25, 0.3) is 0 Å². The fourth-order valence-corrected chi connectivity index (χ4v) is 4.34. The Kier molecular flexibility index (Phi) is 4.62. The SMILES string of the molecule is CNC(=O)C1CN(S(=O)(=O)c2ccc(C)c(Cl)c2)c2ccccc2O1. The summed E-state index contributed by atoms with van der Waals surface area (Å²) in [6.07, 6.45) is -0.935. The van der Waals surface area contributed by atoms with Crippen molar-refractivity contribution in [2.75, 3.05) is 17.9 Å². The van der Waals surface area contributed by atoms with Gasteiger partial charge in [-0.25, -0.2) is 8.42 Å². The first-order valence-electron chi connectivity index (χ1n) is 7.61. The summed E-state index contributed by atoms with van der Waals surface area (Å²) in [6.45, 7) is 1.68. The van der Waals surface area contributed by atoms with Crippen LogP contribution in [0.3, 0.4) is 0 Å². The maximum absolute atomic E-state index is 13.1. The molecule has 1 aliphatic rings. The molecule has 0 saturated heterocycles. The minimum Gasteiger partial charge on any atom is -0.476 e. The van der Waals surface area contributed by atoms with Crippen LogP contribution in [-0.4, -0.2) is 34.0 Å². The highest BCUT2D eigenvalue weighted by Crippen LogP contribution is 2.37. The van der Waals surface area contributed by atoms with E-state index >= 15 is 0 Å². The molecular weight excluding hydrogens is 364 g/mol. The van der Waals surface area contributed by atoms with E-state index in [1.54, 1.807) is 37.3 Å². The molecule has 1 aliphatic heterocycles. The van der Waals surface area contributed by atoms with Crippen molar-refractivity contribution in [3.8, 4) is 5.75 Å². The van der Waals surface area contributed by atoms with Gasteiger partial charge in [0, 0.05) is 12.1 Å². The predicted molar refractivity (Wildman–Crippen MR) is 95.6 cm³/mol. The third-order valence-electron chi connectivity index (χ3n) is 4.00. The number of nitrogens with zero attached hydrogens (tertiary/aromatic N) is 1. The second-order valence-electron chi connectivity index (χ2n) is 5.64. The molecule has 1 amide bonds. The number of carbonyl (C=O) groups excluding carboxylic acids is 1. The average molecular weight is 381 g/mol. The lowest BCUT2D eigenvalue weighted by molar-refractivity contribution is -0.127. The molecule has 0 bridgehead atoms. The summed E-state index contributed by atoms with van der Waals surface area (Å²) in [6, 6.07) is 11.3. The quantitative estimate of drug-likeness (QED) is 0.886. The van der Waals surface area contributed by atoms with Gasteiger partial charge < -0.3 is 10.1 Å². The number of ether oxygens (including phenoxy) is 1. The van der Waals surface area contributed by atoms with Gasteiger partial charge in [0.05, 0.1) is 17.1 Å². The molecule has 1 N–H and O–H groups in total. The van der Waals surface area contributed by atoms with E-state index in [2.05, 4.69) is 5.32 Å². The number of halogens is 1. The normalized spacial score (nSPS) is 16.8. The summed E-state index contributed by atoms with van der Waals surface area (Å²) in [5, 5.41) is 2.85. The van der Waals surface area contributed by atoms with E-state index in [0.717, 1.165) is 5.56 Å². The average Bonchev–Trinajstić information content (AvgIpc) is 2.62. The van der Waals surface area contributed by atoms with Gasteiger partial charge in [-0.1, -0.05) is 29.8 Å². The van der Waals surface area contributed by atoms with Gasteiger partial charge in [0.15, 0.2) is 6.10 Å². The molecule has 0 spiro atoms. The Morgan fingerprint density at radius 2 is 2.00 bits per heavy atom. The van der Waals surface area contributed by atoms with E-state index in [9.17, 15) is 13.2 Å². The Hall–Kier alpha value is -2.25. The van der Waals surface area contributed by atoms with Crippen molar-refractivity contribution in [2.45, 2.75) is 17.9 Å². The number of hydrogen-bond acceptors (Lipinski definition) is 4. The number of sulfonamides is 1. The number of benzene rings is 2. The van der Waals surface area contributed by atoms with E-state index < -0.39 is 22.0 Å². The van der Waals surface area contributed by atoms with Crippen LogP contribution in [0.5, 0.6) is 5.75 Å². The third-order valence-corrected chi connectivity index (χ3v) is 6.19. The molecule has 25 heavy (non-hydrogen) atoms. The first-order chi connectivity index (χ1) is 11.8. The second kappa shape index (κ2) is 6.57. The van der Waals surface area contributed by atoms with E-state index in [1.807, 2.05) is 0 Å². The lowest BCUT2D eigenvalue weighted by atomic mass is 10.2. The molecule has 8 heteroatoms. The topological polar surface area (TPSA) is 75.7 Å². The summed E-state index contributed by atoms with van der Waals surface area (Å²) in [4.78, 5) is 12.1. The Bertz CT molecular complexity index is 930. The Morgan fingerprint density at radius 1 is 1.28 bits per heavy atom. The molecule has 1 unspecified atom stereocenters. The fraction of sp³-hybridized carbons (Fsp3) is 0.235. The van der Waals surface area contributed by atoms with Gasteiger partial charge in [-0.3, -0.25) is 9.10 Å². The molecule has 0 saturated carbocycles. The summed E-state index contributed by atoms with van der Waals surface area (Å²) < 4.78 is 33.1. The predicted octanol–water partition coefficient (Wildman–Crippen LogP) is 2.35. The first kappa shape index (κ1) is 17.6. The number of para-hydroxylation sites is 2. The third kappa shape index (κ3) is 3.17. The van der Waals surface area contributed by atoms with Gasteiger partial charge in [0.1, 0.15) is 5.75 Å². The van der Waals surface area contributed by atoms with Crippen LogP contribution in [0.4, 0.5) is 5.69 Å². The Balaban J connectivity index is 2.10. The van der Waals surface area contributed by atoms with E-state index in [1.165, 1.54) is 23.5 Å². The van der Waals surface area contributed by atoms with Crippen molar-refractivity contribution in [2.24, 2.45) is 0 Å². The molecule has 6 nitrogen and oxygen atoms in total. The van der Waals surface area contributed by atoms with E-state index in [-0.39, 0.29) is 11.4 Å². The van der Waals surface area contributed by atoms with Crippen molar-refractivity contribution in [1.29, 1.82) is 0 Å². The summed E-state index contributed by atoms with van der Waals surface area (Å²) >= 11 is 6.09. The Labute approximate surface area is 151 Å². The van der Waals surface area contributed by atoms with Gasteiger partial charge in [-0.15, -0.1) is 0 Å². The van der Waals surface area contributed by atoms with Gasteiger partial charge in [-0.2, -0.15) is 0 Å². The number of hydrogen-bond donors (Lipinski definition) is 1. The smallest absolute Gasteiger partial charge is 0.264 e. The molecule has 0 radical (unpaired) electrons. The summed E-state index contributed by atoms with van der Waals surface area (Å²) in [5.41, 5.74) is 1.17. The highest BCUT2D eigenvalue weighted by Gasteiger charge is 2.37. The van der Waals surface area contributed by atoms with Crippen molar-refractivity contribution in [3.05, 3.63) is 53.1 Å². The molecule has 0 aromatic heterocycles.